The second-order valence-electron chi connectivity index (χ2n) is 9.03. The first kappa shape index (κ1) is 33.8. The fourth-order valence-electron chi connectivity index (χ4n) is 4.57. The molecule has 0 spiro atoms. The summed E-state index contributed by atoms with van der Waals surface area (Å²) in [6.07, 6.45) is 20.7. The summed E-state index contributed by atoms with van der Waals surface area (Å²) in [5, 5.41) is 0. The SMILES string of the molecule is CCCCCCCCCCCCCCCCCC(OCC)(OCC)[N+](OCC)(OCC)OCC. The van der Waals surface area contributed by atoms with E-state index in [0.717, 1.165) is 12.8 Å². The van der Waals surface area contributed by atoms with Crippen LogP contribution in [0.2, 0.25) is 0 Å². The van der Waals surface area contributed by atoms with E-state index in [-0.39, 0.29) is 0 Å². The molecule has 0 aromatic carbocycles. The van der Waals surface area contributed by atoms with E-state index in [2.05, 4.69) is 6.92 Å². The average Bonchev–Trinajstić information content (AvgIpc) is 2.82. The monoisotopic (exact) mass is 490 g/mol. The Hall–Kier alpha value is -0.240. The summed E-state index contributed by atoms with van der Waals surface area (Å²) in [4.78, 5) is 17.5. The maximum Gasteiger partial charge on any atom is 0.415 e. The maximum atomic E-state index is 6.19. The minimum Gasteiger partial charge on any atom is -0.296 e. The average molecular weight is 491 g/mol. The number of hydrogen-bond acceptors (Lipinski definition) is 5. The molecule has 0 aliphatic rings. The van der Waals surface area contributed by atoms with Crippen molar-refractivity contribution in [3.8, 4) is 0 Å². The van der Waals surface area contributed by atoms with E-state index in [4.69, 9.17) is 24.0 Å². The van der Waals surface area contributed by atoms with E-state index in [1.54, 1.807) is 0 Å². The van der Waals surface area contributed by atoms with Gasteiger partial charge in [-0.3, -0.25) is 9.47 Å². The quantitative estimate of drug-likeness (QED) is 0.0499. The Balaban J connectivity index is 4.37. The van der Waals surface area contributed by atoms with Gasteiger partial charge < -0.3 is 0 Å². The lowest BCUT2D eigenvalue weighted by Crippen LogP contribution is -2.66. The van der Waals surface area contributed by atoms with Crippen LogP contribution in [0.3, 0.4) is 0 Å². The minimum absolute atomic E-state index is 0.431. The van der Waals surface area contributed by atoms with Crippen molar-refractivity contribution >= 4 is 0 Å². The molecule has 0 saturated carbocycles. The molecule has 34 heavy (non-hydrogen) atoms. The zero-order valence-corrected chi connectivity index (χ0v) is 23.8. The molecule has 0 aromatic rings. The van der Waals surface area contributed by atoms with E-state index >= 15 is 0 Å². The van der Waals surface area contributed by atoms with E-state index in [1.165, 1.54) is 83.5 Å². The molecule has 0 heterocycles. The molecule has 0 atom stereocenters. The van der Waals surface area contributed by atoms with Crippen LogP contribution < -0.4 is 0 Å². The van der Waals surface area contributed by atoms with Gasteiger partial charge in [-0.1, -0.05) is 96.8 Å². The third kappa shape index (κ3) is 13.7. The van der Waals surface area contributed by atoms with Crippen molar-refractivity contribution < 1.29 is 29.0 Å². The Kier molecular flexibility index (Phi) is 23.0. The predicted molar refractivity (Wildman–Crippen MR) is 141 cm³/mol. The highest BCUT2D eigenvalue weighted by molar-refractivity contribution is 4.58. The molecular weight excluding hydrogens is 430 g/mol. The molecule has 0 N–H and O–H groups in total. The highest BCUT2D eigenvalue weighted by Gasteiger charge is 2.61. The lowest BCUT2D eigenvalue weighted by Gasteiger charge is -2.42. The molecular formula is C28H60NO5+. The summed E-state index contributed by atoms with van der Waals surface area (Å²) >= 11 is 0. The molecule has 0 amide bonds. The highest BCUT2D eigenvalue weighted by Crippen LogP contribution is 2.36. The summed E-state index contributed by atoms with van der Waals surface area (Å²) < 4.78 is 12.4. The molecule has 0 aliphatic carbocycles. The van der Waals surface area contributed by atoms with Gasteiger partial charge in [-0.15, -0.1) is 14.5 Å². The first-order valence-corrected chi connectivity index (χ1v) is 14.7. The van der Waals surface area contributed by atoms with Gasteiger partial charge in [-0.05, 0) is 41.0 Å². The fraction of sp³-hybridized carbons (Fsp3) is 1.00. The van der Waals surface area contributed by atoms with Crippen LogP contribution in [0.1, 0.15) is 144 Å². The Labute approximate surface area is 212 Å². The normalized spacial score (nSPS) is 12.5. The van der Waals surface area contributed by atoms with Gasteiger partial charge in [0.25, 0.3) is 0 Å². The molecule has 0 radical (unpaired) electrons. The van der Waals surface area contributed by atoms with Crippen LogP contribution in [-0.4, -0.2) is 43.9 Å². The second kappa shape index (κ2) is 23.2. The van der Waals surface area contributed by atoms with Gasteiger partial charge in [0.2, 0.25) is 0 Å². The number of nitrogens with zero attached hydrogens (tertiary/aromatic N) is 1. The lowest BCUT2D eigenvalue weighted by molar-refractivity contribution is -1.41. The first-order chi connectivity index (χ1) is 16.6. The number of quaternary nitrogens is 1. The third-order valence-electron chi connectivity index (χ3n) is 6.15. The highest BCUT2D eigenvalue weighted by atomic mass is 17.2. The predicted octanol–water partition coefficient (Wildman–Crippen LogP) is 8.65. The summed E-state index contributed by atoms with van der Waals surface area (Å²) in [6, 6.07) is 0. The van der Waals surface area contributed by atoms with Crippen LogP contribution in [0.4, 0.5) is 0 Å². The van der Waals surface area contributed by atoms with Gasteiger partial charge in [-0.2, -0.15) is 0 Å². The number of ether oxygens (including phenoxy) is 2. The molecule has 6 heteroatoms. The molecule has 6 nitrogen and oxygen atoms in total. The first-order valence-electron chi connectivity index (χ1n) is 14.7. The van der Waals surface area contributed by atoms with Gasteiger partial charge >= 0.3 is 5.91 Å². The van der Waals surface area contributed by atoms with Crippen LogP contribution >= 0.6 is 0 Å². The van der Waals surface area contributed by atoms with Crippen molar-refractivity contribution in [3.63, 3.8) is 0 Å². The van der Waals surface area contributed by atoms with E-state index in [0.29, 0.717) is 39.5 Å². The van der Waals surface area contributed by atoms with Crippen molar-refractivity contribution in [1.29, 1.82) is 0 Å². The molecule has 0 fully saturated rings. The van der Waals surface area contributed by atoms with Crippen LogP contribution in [0.5, 0.6) is 0 Å². The molecule has 206 valence electrons. The largest absolute Gasteiger partial charge is 0.415 e. The Morgan fingerprint density at radius 2 is 0.735 bits per heavy atom. The number of hydrogen-bond donors (Lipinski definition) is 0. The lowest BCUT2D eigenvalue weighted by atomic mass is 10.0. The van der Waals surface area contributed by atoms with Crippen LogP contribution in [0.25, 0.3) is 0 Å². The topological polar surface area (TPSA) is 46.2 Å². The Morgan fingerprint density at radius 1 is 0.412 bits per heavy atom. The molecule has 0 aliphatic heterocycles. The summed E-state index contributed by atoms with van der Waals surface area (Å²) in [6.45, 7) is 14.3. The van der Waals surface area contributed by atoms with E-state index in [9.17, 15) is 0 Å². The van der Waals surface area contributed by atoms with E-state index < -0.39 is 10.9 Å². The van der Waals surface area contributed by atoms with Crippen LogP contribution in [0, 0.1) is 0 Å². The Morgan fingerprint density at radius 3 is 1.03 bits per heavy atom. The van der Waals surface area contributed by atoms with Crippen molar-refractivity contribution in [3.05, 3.63) is 0 Å². The summed E-state index contributed by atoms with van der Waals surface area (Å²) in [5.41, 5.74) is 0. The number of rotatable bonds is 27. The summed E-state index contributed by atoms with van der Waals surface area (Å²) in [5.74, 6) is -1.12. The zero-order chi connectivity index (χ0) is 25.4. The van der Waals surface area contributed by atoms with Crippen LogP contribution in [-0.2, 0) is 24.0 Å². The Bertz CT molecular complexity index is 399. The smallest absolute Gasteiger partial charge is 0.296 e. The summed E-state index contributed by atoms with van der Waals surface area (Å²) in [7, 11) is 0. The third-order valence-corrected chi connectivity index (χ3v) is 6.15. The number of unbranched alkanes of at least 4 members (excludes halogenated alkanes) is 14. The standard InChI is InChI=1S/C28H60NO5/c1-7-13-14-15-16-17-18-19-20-21-22-23-24-25-26-27-28(30-8-2,31-9-3)29(32-10-4,33-11-5)34-12-6/h7-27H2,1-6H3/q+1. The second-order valence-corrected chi connectivity index (χ2v) is 9.03. The number of hydroxylamine groups is 3. The molecule has 0 bridgehead atoms. The van der Waals surface area contributed by atoms with Gasteiger partial charge in [0, 0.05) is 0 Å². The zero-order valence-electron chi connectivity index (χ0n) is 23.8. The maximum absolute atomic E-state index is 6.19. The van der Waals surface area contributed by atoms with Crippen molar-refractivity contribution in [1.82, 2.24) is 0 Å². The molecule has 0 saturated heterocycles. The molecule has 0 unspecified atom stereocenters. The fourth-order valence-corrected chi connectivity index (χ4v) is 4.57. The minimum atomic E-state index is -1.12. The van der Waals surface area contributed by atoms with Gasteiger partial charge in [0.1, 0.15) is 19.8 Å². The van der Waals surface area contributed by atoms with Crippen molar-refractivity contribution in [2.24, 2.45) is 0 Å². The van der Waals surface area contributed by atoms with Gasteiger partial charge in [0.05, 0.1) is 19.6 Å². The van der Waals surface area contributed by atoms with Crippen molar-refractivity contribution in [2.45, 2.75) is 150 Å². The van der Waals surface area contributed by atoms with Gasteiger partial charge in [0.15, 0.2) is 4.97 Å². The van der Waals surface area contributed by atoms with Crippen LogP contribution in [0.15, 0.2) is 0 Å². The molecule has 0 aromatic heterocycles. The van der Waals surface area contributed by atoms with E-state index in [1.807, 2.05) is 34.6 Å². The molecule has 0 rings (SSSR count). The van der Waals surface area contributed by atoms with Gasteiger partial charge in [-0.25, -0.2) is 0 Å². The van der Waals surface area contributed by atoms with Crippen molar-refractivity contribution in [2.75, 3.05) is 33.0 Å².